The molecule has 0 saturated carbocycles. The van der Waals surface area contributed by atoms with E-state index in [0.717, 1.165) is 50.9 Å². The number of rotatable bonds is 8. The molecule has 0 aromatic heterocycles. The first-order valence-corrected chi connectivity index (χ1v) is 9.32. The van der Waals surface area contributed by atoms with Crippen molar-refractivity contribution in [1.29, 1.82) is 0 Å². The normalized spacial score (nSPS) is 23.5. The maximum absolute atomic E-state index is 10.4. The maximum atomic E-state index is 10.4. The van der Waals surface area contributed by atoms with Crippen LogP contribution in [0.15, 0.2) is 24.3 Å². The lowest BCUT2D eigenvalue weighted by molar-refractivity contribution is -0.0615. The molecule has 0 unspecified atom stereocenters. The number of ether oxygens (including phenoxy) is 4. The van der Waals surface area contributed by atoms with Crippen molar-refractivity contribution < 1.29 is 24.1 Å². The van der Waals surface area contributed by atoms with Crippen molar-refractivity contribution in [2.75, 3.05) is 72.8 Å². The van der Waals surface area contributed by atoms with Gasteiger partial charge in [0.1, 0.15) is 24.2 Å². The lowest BCUT2D eigenvalue weighted by Gasteiger charge is -2.35. The summed E-state index contributed by atoms with van der Waals surface area (Å²) in [5, 5.41) is 10.4. The number of morpholine rings is 2. The zero-order chi connectivity index (χ0) is 18.2. The van der Waals surface area contributed by atoms with Crippen molar-refractivity contribution in [3.05, 3.63) is 24.3 Å². The van der Waals surface area contributed by atoms with Gasteiger partial charge in [-0.2, -0.15) is 0 Å². The summed E-state index contributed by atoms with van der Waals surface area (Å²) >= 11 is 0. The molecule has 0 spiro atoms. The fourth-order valence-electron chi connectivity index (χ4n) is 3.35. The van der Waals surface area contributed by atoms with Gasteiger partial charge in [0.15, 0.2) is 0 Å². The minimum absolute atomic E-state index is 0.0152. The van der Waals surface area contributed by atoms with Crippen molar-refractivity contribution >= 4 is 0 Å². The second-order valence-corrected chi connectivity index (χ2v) is 6.81. The highest BCUT2D eigenvalue weighted by atomic mass is 16.5. The minimum Gasteiger partial charge on any atom is -0.497 e. The van der Waals surface area contributed by atoms with Crippen LogP contribution in [0.25, 0.3) is 0 Å². The number of aliphatic hydroxyl groups is 1. The Hall–Kier alpha value is -1.38. The van der Waals surface area contributed by atoms with Gasteiger partial charge in [-0.25, -0.2) is 0 Å². The van der Waals surface area contributed by atoms with E-state index in [2.05, 4.69) is 9.80 Å². The lowest BCUT2D eigenvalue weighted by Crippen LogP contribution is -2.50. The van der Waals surface area contributed by atoms with Crippen LogP contribution in [-0.2, 0) is 9.47 Å². The Kier molecular flexibility index (Phi) is 7.52. The van der Waals surface area contributed by atoms with Crippen LogP contribution in [0.5, 0.6) is 11.5 Å². The number of nitrogens with zero attached hydrogens (tertiary/aromatic N) is 2. The molecule has 7 nitrogen and oxygen atoms in total. The van der Waals surface area contributed by atoms with E-state index in [1.165, 1.54) is 0 Å². The number of aliphatic hydroxyl groups excluding tert-OH is 1. The van der Waals surface area contributed by atoms with E-state index in [-0.39, 0.29) is 12.2 Å². The molecule has 7 heteroatoms. The van der Waals surface area contributed by atoms with Crippen molar-refractivity contribution in [3.63, 3.8) is 0 Å². The van der Waals surface area contributed by atoms with Crippen LogP contribution >= 0.6 is 0 Å². The summed E-state index contributed by atoms with van der Waals surface area (Å²) in [7, 11) is 1.65. The highest BCUT2D eigenvalue weighted by Gasteiger charge is 2.24. The highest BCUT2D eigenvalue weighted by molar-refractivity contribution is 5.31. The number of β-amino-alcohol motifs (C(OH)–C–C–N with tert-alkyl or cyclic N) is 1. The summed E-state index contributed by atoms with van der Waals surface area (Å²) in [6.07, 6.45) is -0.337. The number of hydrogen-bond donors (Lipinski definition) is 1. The second-order valence-electron chi connectivity index (χ2n) is 6.81. The van der Waals surface area contributed by atoms with Crippen molar-refractivity contribution in [1.82, 2.24) is 9.80 Å². The van der Waals surface area contributed by atoms with E-state index in [9.17, 15) is 5.11 Å². The number of benzene rings is 1. The predicted octanol–water partition coefficient (Wildman–Crippen LogP) is 0.468. The quantitative estimate of drug-likeness (QED) is 0.717. The summed E-state index contributed by atoms with van der Waals surface area (Å²) < 4.78 is 22.1. The van der Waals surface area contributed by atoms with E-state index >= 15 is 0 Å². The average Bonchev–Trinajstić information content (AvgIpc) is 2.68. The molecule has 2 heterocycles. The predicted molar refractivity (Wildman–Crippen MR) is 97.9 cm³/mol. The van der Waals surface area contributed by atoms with Gasteiger partial charge >= 0.3 is 0 Å². The average molecular weight is 366 g/mol. The zero-order valence-electron chi connectivity index (χ0n) is 15.5. The first kappa shape index (κ1) is 19.4. The monoisotopic (exact) mass is 366 g/mol. The third-order valence-corrected chi connectivity index (χ3v) is 4.76. The van der Waals surface area contributed by atoms with E-state index in [4.69, 9.17) is 18.9 Å². The number of methoxy groups -OCH3 is 1. The van der Waals surface area contributed by atoms with Gasteiger partial charge in [-0.05, 0) is 24.3 Å². The van der Waals surface area contributed by atoms with E-state index in [1.54, 1.807) is 7.11 Å². The van der Waals surface area contributed by atoms with Crippen LogP contribution in [0.3, 0.4) is 0 Å². The van der Waals surface area contributed by atoms with Crippen molar-refractivity contribution in [3.8, 4) is 11.5 Å². The Morgan fingerprint density at radius 1 is 1.04 bits per heavy atom. The van der Waals surface area contributed by atoms with Crippen molar-refractivity contribution in [2.24, 2.45) is 0 Å². The molecule has 1 aromatic rings. The Bertz CT molecular complexity index is 521. The molecule has 2 saturated heterocycles. The smallest absolute Gasteiger partial charge is 0.119 e. The molecular formula is C19H30N2O5. The molecule has 146 valence electrons. The molecule has 1 N–H and O–H groups in total. The van der Waals surface area contributed by atoms with Gasteiger partial charge in [0.05, 0.1) is 33.0 Å². The molecular weight excluding hydrogens is 336 g/mol. The van der Waals surface area contributed by atoms with Gasteiger partial charge in [-0.15, -0.1) is 0 Å². The van der Waals surface area contributed by atoms with Gasteiger partial charge in [0, 0.05) is 39.3 Å². The zero-order valence-corrected chi connectivity index (χ0v) is 15.5. The second kappa shape index (κ2) is 10.1. The van der Waals surface area contributed by atoms with Crippen LogP contribution in [0.4, 0.5) is 0 Å². The molecule has 26 heavy (non-hydrogen) atoms. The standard InChI is InChI=1S/C19H30N2O5/c1-23-17-2-4-18(5-3-17)26-15-19-14-21(8-11-25-19)13-16(22)12-20-6-9-24-10-7-20/h2-5,16,19,22H,6-15H2,1H3/t16-,19+/m0/s1. The third-order valence-electron chi connectivity index (χ3n) is 4.76. The first-order valence-electron chi connectivity index (χ1n) is 9.32. The van der Waals surface area contributed by atoms with Gasteiger partial charge in [0.2, 0.25) is 0 Å². The summed E-state index contributed by atoms with van der Waals surface area (Å²) in [6, 6.07) is 7.55. The Labute approximate surface area is 155 Å². The maximum Gasteiger partial charge on any atom is 0.119 e. The van der Waals surface area contributed by atoms with Gasteiger partial charge < -0.3 is 24.1 Å². The molecule has 0 aliphatic carbocycles. The summed E-state index contributed by atoms with van der Waals surface area (Å²) in [5.41, 5.74) is 0. The van der Waals surface area contributed by atoms with Crippen LogP contribution < -0.4 is 9.47 Å². The van der Waals surface area contributed by atoms with Crippen LogP contribution in [0.2, 0.25) is 0 Å². The van der Waals surface area contributed by atoms with Gasteiger partial charge in [-0.1, -0.05) is 0 Å². The molecule has 0 amide bonds. The molecule has 2 atom stereocenters. The number of hydrogen-bond acceptors (Lipinski definition) is 7. The Morgan fingerprint density at radius 2 is 1.69 bits per heavy atom. The van der Waals surface area contributed by atoms with Gasteiger partial charge in [-0.3, -0.25) is 9.80 Å². The Balaban J connectivity index is 1.38. The van der Waals surface area contributed by atoms with Crippen LogP contribution in [0, 0.1) is 0 Å². The molecule has 1 aromatic carbocycles. The highest BCUT2D eigenvalue weighted by Crippen LogP contribution is 2.18. The summed E-state index contributed by atoms with van der Waals surface area (Å²) in [4.78, 5) is 4.52. The van der Waals surface area contributed by atoms with Crippen LogP contribution in [0.1, 0.15) is 0 Å². The Morgan fingerprint density at radius 3 is 2.42 bits per heavy atom. The fourth-order valence-corrected chi connectivity index (χ4v) is 3.35. The van der Waals surface area contributed by atoms with E-state index < -0.39 is 0 Å². The van der Waals surface area contributed by atoms with Gasteiger partial charge in [0.25, 0.3) is 0 Å². The molecule has 2 aliphatic rings. The van der Waals surface area contributed by atoms with E-state index in [0.29, 0.717) is 26.3 Å². The lowest BCUT2D eigenvalue weighted by atomic mass is 10.2. The molecule has 2 fully saturated rings. The topological polar surface area (TPSA) is 63.6 Å². The molecule has 0 bridgehead atoms. The largest absolute Gasteiger partial charge is 0.497 e. The summed E-state index contributed by atoms with van der Waals surface area (Å²) in [6.45, 7) is 7.48. The fraction of sp³-hybridized carbons (Fsp3) is 0.684. The first-order chi connectivity index (χ1) is 12.7. The minimum atomic E-state index is -0.352. The van der Waals surface area contributed by atoms with Crippen molar-refractivity contribution in [2.45, 2.75) is 12.2 Å². The molecule has 0 radical (unpaired) electrons. The SMILES string of the molecule is COc1ccc(OC[C@H]2CN(C[C@@H](O)CN3CCOCC3)CCO2)cc1. The molecule has 2 aliphatic heterocycles. The van der Waals surface area contributed by atoms with E-state index in [1.807, 2.05) is 24.3 Å². The molecule has 3 rings (SSSR count). The third kappa shape index (κ3) is 6.10. The summed E-state index contributed by atoms with van der Waals surface area (Å²) in [5.74, 6) is 1.62. The van der Waals surface area contributed by atoms with Crippen LogP contribution in [-0.4, -0.2) is 99.9 Å².